The molecule has 4 N–H and O–H groups in total. The highest BCUT2D eigenvalue weighted by molar-refractivity contribution is 5.92. The van der Waals surface area contributed by atoms with Crippen molar-refractivity contribution in [3.63, 3.8) is 0 Å². The Kier molecular flexibility index (Phi) is 6.77. The average molecular weight is 470 g/mol. The lowest BCUT2D eigenvalue weighted by Crippen LogP contribution is -2.44. The number of likely N-dealkylation sites (N-methyl/N-ethyl adjacent to an activating group) is 1. The molecule has 1 unspecified atom stereocenters. The van der Waals surface area contributed by atoms with Crippen LogP contribution in [0.1, 0.15) is 18.2 Å². The second-order valence-corrected chi connectivity index (χ2v) is 8.11. The highest BCUT2D eigenvalue weighted by Crippen LogP contribution is 2.33. The number of carbonyl (C=O) groups is 3. The van der Waals surface area contributed by atoms with Gasteiger partial charge in [-0.15, -0.1) is 0 Å². The van der Waals surface area contributed by atoms with Gasteiger partial charge in [0.05, 0.1) is 44.6 Å². The first kappa shape index (κ1) is 23.2. The van der Waals surface area contributed by atoms with Gasteiger partial charge in [-0.2, -0.15) is 0 Å². The topological polar surface area (TPSA) is 149 Å². The number of nitrogens with zero attached hydrogens (tertiary/aromatic N) is 4. The van der Waals surface area contributed by atoms with E-state index in [0.717, 1.165) is 16.9 Å². The van der Waals surface area contributed by atoms with E-state index in [9.17, 15) is 19.5 Å². The van der Waals surface area contributed by atoms with Crippen LogP contribution >= 0.6 is 0 Å². The smallest absolute Gasteiger partial charge is 0.407 e. The Hall–Kier alpha value is -3.93. The fraction of sp³-hybridized carbons (Fsp3) is 0.409. The van der Waals surface area contributed by atoms with Gasteiger partial charge in [-0.25, -0.2) is 19.6 Å². The van der Waals surface area contributed by atoms with E-state index in [-0.39, 0.29) is 31.6 Å². The molecule has 1 aromatic carbocycles. The van der Waals surface area contributed by atoms with Crippen LogP contribution in [-0.2, 0) is 22.6 Å². The number of amides is 4. The van der Waals surface area contributed by atoms with Gasteiger partial charge in [-0.1, -0.05) is 0 Å². The number of rotatable bonds is 5. The van der Waals surface area contributed by atoms with Gasteiger partial charge >= 0.3 is 12.1 Å². The molecule has 0 spiro atoms. The second-order valence-electron chi connectivity index (χ2n) is 8.11. The minimum absolute atomic E-state index is 0.0966. The number of hydrogen-bond acceptors (Lipinski definition) is 7. The zero-order valence-corrected chi connectivity index (χ0v) is 19.0. The summed E-state index contributed by atoms with van der Waals surface area (Å²) < 4.78 is 5.56. The number of benzene rings is 1. The van der Waals surface area contributed by atoms with Crippen LogP contribution < -0.4 is 20.9 Å². The molecule has 3 heterocycles. The lowest BCUT2D eigenvalue weighted by atomic mass is 10.1. The molecule has 2 aromatic rings. The van der Waals surface area contributed by atoms with Gasteiger partial charge in [-0.05, 0) is 31.2 Å². The fourth-order valence-corrected chi connectivity index (χ4v) is 3.91. The molecule has 180 valence electrons. The van der Waals surface area contributed by atoms with Crippen LogP contribution in [0.15, 0.2) is 24.3 Å². The molecule has 4 rings (SSSR count). The minimum atomic E-state index is -0.995. The van der Waals surface area contributed by atoms with Crippen molar-refractivity contribution in [3.8, 4) is 11.4 Å². The number of carboxylic acid groups (broad SMARTS) is 1. The Morgan fingerprint density at radius 1 is 1.18 bits per heavy atom. The SMILES string of the molecule is CNC(=O)CNC(=O)Nc1ccc(-c2nc3c(c(N4CCOCC4C)n2)CN(C(=O)O)C3)cc1. The van der Waals surface area contributed by atoms with Crippen molar-refractivity contribution >= 4 is 29.5 Å². The number of ether oxygens (including phenoxy) is 1. The maximum Gasteiger partial charge on any atom is 0.407 e. The molecular weight excluding hydrogens is 442 g/mol. The van der Waals surface area contributed by atoms with E-state index < -0.39 is 12.1 Å². The summed E-state index contributed by atoms with van der Waals surface area (Å²) in [5.41, 5.74) is 2.79. The van der Waals surface area contributed by atoms with Crippen molar-refractivity contribution in [2.75, 3.05) is 43.6 Å². The van der Waals surface area contributed by atoms with Gasteiger partial charge in [0.2, 0.25) is 5.91 Å². The fourth-order valence-electron chi connectivity index (χ4n) is 3.91. The summed E-state index contributed by atoms with van der Waals surface area (Å²) in [5, 5.41) is 17.0. The molecule has 1 aromatic heterocycles. The van der Waals surface area contributed by atoms with Gasteiger partial charge < -0.3 is 30.7 Å². The molecule has 2 aliphatic heterocycles. The number of aromatic nitrogens is 2. The van der Waals surface area contributed by atoms with E-state index >= 15 is 0 Å². The van der Waals surface area contributed by atoms with E-state index in [1.807, 2.05) is 6.92 Å². The van der Waals surface area contributed by atoms with Gasteiger partial charge in [-0.3, -0.25) is 9.69 Å². The van der Waals surface area contributed by atoms with Crippen LogP contribution in [0.3, 0.4) is 0 Å². The van der Waals surface area contributed by atoms with E-state index in [1.54, 1.807) is 24.3 Å². The number of fused-ring (bicyclic) bond motifs is 1. The van der Waals surface area contributed by atoms with Crippen LogP contribution in [0.25, 0.3) is 11.4 Å². The molecule has 1 fully saturated rings. The van der Waals surface area contributed by atoms with E-state index in [1.165, 1.54) is 11.9 Å². The maximum atomic E-state index is 12.0. The summed E-state index contributed by atoms with van der Waals surface area (Å²) in [6.45, 7) is 4.18. The van der Waals surface area contributed by atoms with Crippen LogP contribution in [-0.4, -0.2) is 77.4 Å². The van der Waals surface area contributed by atoms with Crippen LogP contribution in [0.4, 0.5) is 21.1 Å². The van der Waals surface area contributed by atoms with Crippen molar-refractivity contribution in [1.82, 2.24) is 25.5 Å². The Bertz CT molecular complexity index is 1090. The zero-order valence-electron chi connectivity index (χ0n) is 19.0. The first-order valence-electron chi connectivity index (χ1n) is 10.9. The molecule has 1 saturated heterocycles. The van der Waals surface area contributed by atoms with E-state index in [4.69, 9.17) is 9.72 Å². The third-order valence-corrected chi connectivity index (χ3v) is 5.76. The van der Waals surface area contributed by atoms with Gasteiger partial charge in [0.1, 0.15) is 5.82 Å². The lowest BCUT2D eigenvalue weighted by Gasteiger charge is -2.35. The van der Waals surface area contributed by atoms with Crippen molar-refractivity contribution in [2.24, 2.45) is 0 Å². The summed E-state index contributed by atoms with van der Waals surface area (Å²) in [4.78, 5) is 47.8. The molecular formula is C22H27N7O5. The standard InChI is InChI=1S/C22H27N7O5/c1-13-12-34-8-7-29(13)20-16-10-28(22(32)33)11-17(16)26-19(27-20)14-3-5-15(6-4-14)25-21(31)24-9-18(30)23-2/h3-6,13H,7-12H2,1-2H3,(H,23,30)(H,32,33)(H2,24,25,31). The van der Waals surface area contributed by atoms with Crippen LogP contribution in [0.5, 0.6) is 0 Å². The van der Waals surface area contributed by atoms with Crippen molar-refractivity contribution < 1.29 is 24.2 Å². The molecule has 1 atom stereocenters. The first-order valence-corrected chi connectivity index (χ1v) is 10.9. The first-order chi connectivity index (χ1) is 16.4. The Balaban J connectivity index is 1.58. The Morgan fingerprint density at radius 3 is 2.62 bits per heavy atom. The van der Waals surface area contributed by atoms with Crippen LogP contribution in [0.2, 0.25) is 0 Å². The second kappa shape index (κ2) is 9.91. The zero-order chi connectivity index (χ0) is 24.2. The molecule has 0 saturated carbocycles. The van der Waals surface area contributed by atoms with E-state index in [2.05, 4.69) is 25.8 Å². The van der Waals surface area contributed by atoms with Gasteiger partial charge in [0.25, 0.3) is 0 Å². The number of morpholine rings is 1. The number of urea groups is 1. The molecule has 2 aliphatic rings. The molecule has 0 aliphatic carbocycles. The summed E-state index contributed by atoms with van der Waals surface area (Å²) in [5.74, 6) is 0.914. The minimum Gasteiger partial charge on any atom is -0.465 e. The highest BCUT2D eigenvalue weighted by Gasteiger charge is 2.32. The third-order valence-electron chi connectivity index (χ3n) is 5.76. The number of hydrogen-bond donors (Lipinski definition) is 4. The molecule has 12 heteroatoms. The molecule has 4 amide bonds. The predicted molar refractivity (Wildman–Crippen MR) is 123 cm³/mol. The number of carbonyl (C=O) groups excluding carboxylic acids is 2. The largest absolute Gasteiger partial charge is 0.465 e. The predicted octanol–water partition coefficient (Wildman–Crippen LogP) is 1.23. The summed E-state index contributed by atoms with van der Waals surface area (Å²) in [6, 6.07) is 6.60. The van der Waals surface area contributed by atoms with Crippen LogP contribution in [0, 0.1) is 0 Å². The van der Waals surface area contributed by atoms with Crippen molar-refractivity contribution in [3.05, 3.63) is 35.5 Å². The maximum absolute atomic E-state index is 12.0. The Labute approximate surface area is 196 Å². The van der Waals surface area contributed by atoms with E-state index in [0.29, 0.717) is 37.0 Å². The van der Waals surface area contributed by atoms with Gasteiger partial charge in [0, 0.05) is 30.4 Å². The van der Waals surface area contributed by atoms with Gasteiger partial charge in [0.15, 0.2) is 5.82 Å². The molecule has 0 radical (unpaired) electrons. The highest BCUT2D eigenvalue weighted by atomic mass is 16.5. The molecule has 12 nitrogen and oxygen atoms in total. The van der Waals surface area contributed by atoms with Crippen molar-refractivity contribution in [2.45, 2.75) is 26.1 Å². The quantitative estimate of drug-likeness (QED) is 0.511. The third kappa shape index (κ3) is 5.01. The number of anilines is 2. The summed E-state index contributed by atoms with van der Waals surface area (Å²) in [6.07, 6.45) is -0.995. The molecule has 34 heavy (non-hydrogen) atoms. The summed E-state index contributed by atoms with van der Waals surface area (Å²) >= 11 is 0. The summed E-state index contributed by atoms with van der Waals surface area (Å²) in [7, 11) is 1.49. The normalized spacial score (nSPS) is 17.2. The van der Waals surface area contributed by atoms with Crippen molar-refractivity contribution in [1.29, 1.82) is 0 Å². The lowest BCUT2D eigenvalue weighted by molar-refractivity contribution is -0.119. The Morgan fingerprint density at radius 2 is 1.94 bits per heavy atom. The number of nitrogens with one attached hydrogen (secondary N) is 3. The monoisotopic (exact) mass is 469 g/mol. The average Bonchev–Trinajstić information content (AvgIpc) is 3.27. The molecule has 0 bridgehead atoms.